The monoisotopic (exact) mass is 467 g/mol. The maximum Gasteiger partial charge on any atom is 0.193 e. The molecule has 1 heterocycles. The molecule has 0 saturated carbocycles. The summed E-state index contributed by atoms with van der Waals surface area (Å²) in [6, 6.07) is 15.4. The van der Waals surface area contributed by atoms with Crippen molar-refractivity contribution in [3.8, 4) is 5.75 Å². The first kappa shape index (κ1) is 18.8. The van der Waals surface area contributed by atoms with Gasteiger partial charge in [-0.1, -0.05) is 24.3 Å². The van der Waals surface area contributed by atoms with Crippen molar-refractivity contribution >= 4 is 34.3 Å². The van der Waals surface area contributed by atoms with Gasteiger partial charge < -0.3 is 9.42 Å². The van der Waals surface area contributed by atoms with Gasteiger partial charge >= 0.3 is 0 Å². The van der Waals surface area contributed by atoms with Crippen LogP contribution in [0, 0.1) is 0 Å². The third-order valence-electron chi connectivity index (χ3n) is 4.63. The number of aryl methyl sites for hydroxylation is 1. The molecule has 0 amide bonds. The van der Waals surface area contributed by atoms with Gasteiger partial charge in [0.1, 0.15) is 12.2 Å². The highest BCUT2D eigenvalue weighted by molar-refractivity contribution is 14.2. The maximum absolute atomic E-state index is 12.6. The van der Waals surface area contributed by atoms with Crippen molar-refractivity contribution in [1.82, 2.24) is 4.90 Å². The number of halogens is 1. The molecule has 1 saturated heterocycles. The molecule has 25 heavy (non-hydrogen) atoms. The molecule has 5 heteroatoms. The summed E-state index contributed by atoms with van der Waals surface area (Å²) in [4.78, 5) is 15.1. The van der Waals surface area contributed by atoms with Crippen molar-refractivity contribution in [2.24, 2.45) is 0 Å². The van der Waals surface area contributed by atoms with Crippen LogP contribution in [0.2, 0.25) is 0 Å². The highest BCUT2D eigenvalue weighted by Gasteiger charge is 2.11. The van der Waals surface area contributed by atoms with Crippen molar-refractivity contribution in [2.75, 3.05) is 19.6 Å². The number of carbonyl (C=O) groups excluding carboxylic acids is 1. The van der Waals surface area contributed by atoms with Gasteiger partial charge in [-0.25, -0.2) is 0 Å². The average molecular weight is 467 g/mol. The van der Waals surface area contributed by atoms with Gasteiger partial charge in [-0.05, 0) is 97.2 Å². The highest BCUT2D eigenvalue weighted by atomic mass is 127. The Hall–Kier alpha value is -0.970. The minimum absolute atomic E-state index is 0.0621. The van der Waals surface area contributed by atoms with Gasteiger partial charge in [0.05, 0.1) is 0 Å². The van der Waals surface area contributed by atoms with Crippen molar-refractivity contribution in [3.63, 3.8) is 0 Å². The van der Waals surface area contributed by atoms with Crippen molar-refractivity contribution in [2.45, 2.75) is 25.7 Å². The second-order valence-corrected chi connectivity index (χ2v) is 8.06. The van der Waals surface area contributed by atoms with Gasteiger partial charge in [0.15, 0.2) is 5.78 Å². The summed E-state index contributed by atoms with van der Waals surface area (Å²) in [6.45, 7) is 4.09. The molecule has 3 rings (SSSR count). The number of nitrogens with zero attached hydrogens (tertiary/aromatic N) is 1. The summed E-state index contributed by atoms with van der Waals surface area (Å²) in [5.74, 6) is 0.865. The molecule has 0 aliphatic carbocycles. The van der Waals surface area contributed by atoms with Crippen LogP contribution < -0.4 is 4.52 Å². The van der Waals surface area contributed by atoms with Crippen LogP contribution in [0.4, 0.5) is 0 Å². The van der Waals surface area contributed by atoms with Crippen molar-refractivity contribution < 1.29 is 9.32 Å². The number of carbonyl (C=O) groups is 1. The van der Waals surface area contributed by atoms with Crippen LogP contribution in [0.3, 0.4) is 0 Å². The largest absolute Gasteiger partial charge is 0.467 e. The number of hydrogen-bond donors (Lipinski definition) is 0. The van der Waals surface area contributed by atoms with E-state index in [1.807, 2.05) is 36.4 Å². The summed E-state index contributed by atoms with van der Waals surface area (Å²) in [5, 5.41) is 0. The van der Waals surface area contributed by atoms with E-state index in [2.05, 4.69) is 39.1 Å². The van der Waals surface area contributed by atoms with E-state index in [9.17, 15) is 4.79 Å². The van der Waals surface area contributed by atoms with Gasteiger partial charge in [-0.15, -0.1) is 0 Å². The zero-order valence-electron chi connectivity index (χ0n) is 14.2. The second kappa shape index (κ2) is 9.65. The van der Waals surface area contributed by atoms with Gasteiger partial charge in [0, 0.05) is 11.1 Å². The lowest BCUT2D eigenvalue weighted by molar-refractivity contribution is 0.103. The number of benzene rings is 2. The molecule has 3 nitrogen and oxygen atoms in total. The Morgan fingerprint density at radius 3 is 2.20 bits per heavy atom. The van der Waals surface area contributed by atoms with E-state index in [0.29, 0.717) is 12.0 Å². The minimum atomic E-state index is 0.0621. The van der Waals surface area contributed by atoms with Crippen LogP contribution in [0.1, 0.15) is 40.7 Å². The van der Waals surface area contributed by atoms with Gasteiger partial charge in [-0.2, -0.15) is 0 Å². The van der Waals surface area contributed by atoms with E-state index < -0.39 is 0 Å². The molecule has 1 unspecified atom stereocenters. The second-order valence-electron chi connectivity index (χ2n) is 6.38. The number of likely N-dealkylation sites (tertiary alicyclic amines) is 1. The van der Waals surface area contributed by atoms with E-state index in [4.69, 9.17) is 4.52 Å². The lowest BCUT2D eigenvalue weighted by atomic mass is 10.0. The van der Waals surface area contributed by atoms with Crippen molar-refractivity contribution in [1.29, 1.82) is 0 Å². The highest BCUT2D eigenvalue weighted by Crippen LogP contribution is 2.27. The molecule has 132 valence electrons. The topological polar surface area (TPSA) is 29.5 Å². The third-order valence-corrected chi connectivity index (χ3v) is 5.60. The molecule has 0 aromatic heterocycles. The van der Waals surface area contributed by atoms with E-state index in [0.717, 1.165) is 17.7 Å². The van der Waals surface area contributed by atoms with E-state index in [1.165, 1.54) is 44.5 Å². The molecule has 1 atom stereocenters. The minimum Gasteiger partial charge on any atom is -0.467 e. The molecular weight excluding hydrogens is 444 g/mol. The fourth-order valence-corrected chi connectivity index (χ4v) is 4.21. The van der Waals surface area contributed by atoms with Crippen molar-refractivity contribution in [3.05, 3.63) is 65.2 Å². The van der Waals surface area contributed by atoms with E-state index in [-0.39, 0.29) is 5.78 Å². The van der Waals surface area contributed by atoms with Gasteiger partial charge in [-0.3, -0.25) is 4.79 Å². The molecule has 2 aromatic carbocycles. The predicted octanol–water partition coefficient (Wildman–Crippen LogP) is 5.27. The Kier molecular flexibility index (Phi) is 7.26. The van der Waals surface area contributed by atoms with Gasteiger partial charge in [0.2, 0.25) is 0 Å². The molecule has 2 aromatic rings. The summed E-state index contributed by atoms with van der Waals surface area (Å²) in [6.07, 6.45) is 4.96. The fraction of sp³-hybridized carbons (Fsp3) is 0.350. The lowest BCUT2D eigenvalue weighted by Crippen LogP contribution is -2.20. The molecule has 0 spiro atoms. The van der Waals surface area contributed by atoms with Crippen LogP contribution in [0.5, 0.6) is 5.75 Å². The molecule has 1 aliphatic heterocycles. The Morgan fingerprint density at radius 1 is 1.00 bits per heavy atom. The average Bonchev–Trinajstić information content (AvgIpc) is 3.16. The van der Waals surface area contributed by atoms with Crippen LogP contribution in [-0.4, -0.2) is 30.3 Å². The summed E-state index contributed by atoms with van der Waals surface area (Å²) < 4.78 is 5.44. The van der Waals surface area contributed by atoms with Crippen LogP contribution >= 0.6 is 28.5 Å². The Labute approximate surface area is 164 Å². The van der Waals surface area contributed by atoms with E-state index in [1.54, 1.807) is 0 Å². The zero-order chi connectivity index (χ0) is 17.5. The molecule has 0 radical (unpaired) electrons. The smallest absolute Gasteiger partial charge is 0.193 e. The molecular formula is C20H23INO2P. The van der Waals surface area contributed by atoms with E-state index >= 15 is 0 Å². The Morgan fingerprint density at radius 2 is 1.60 bits per heavy atom. The lowest BCUT2D eigenvalue weighted by Gasteiger charge is -2.14. The number of ketones is 1. The predicted molar refractivity (Wildman–Crippen MR) is 113 cm³/mol. The summed E-state index contributed by atoms with van der Waals surface area (Å²) in [5.41, 5.74) is 2.75. The first-order chi connectivity index (χ1) is 12.3. The fourth-order valence-electron chi connectivity index (χ4n) is 3.22. The van der Waals surface area contributed by atoms with Crippen LogP contribution in [0.25, 0.3) is 0 Å². The number of hydrogen-bond acceptors (Lipinski definition) is 3. The first-order valence-corrected chi connectivity index (χ1v) is 12.8. The Balaban J connectivity index is 1.54. The Bertz CT molecular complexity index is 682. The summed E-state index contributed by atoms with van der Waals surface area (Å²) >= 11 is 2.18. The van der Waals surface area contributed by atoms with Crippen LogP contribution in [-0.2, 0) is 6.42 Å². The standard InChI is InChI=1S/C20H23INO2P/c21-25-24-19-11-9-18(10-12-19)20(23)17-7-5-16(6-8-17)4-3-15-22-13-1-2-14-22/h5-12,25H,1-4,13-15H2. The quantitative estimate of drug-likeness (QED) is 0.301. The number of rotatable bonds is 8. The first-order valence-electron chi connectivity index (χ1n) is 8.75. The molecule has 1 fully saturated rings. The third kappa shape index (κ3) is 5.50. The zero-order valence-corrected chi connectivity index (χ0v) is 17.4. The SMILES string of the molecule is O=C(c1ccc(CCCN2CCCC2)cc1)c1ccc(OPI)cc1. The maximum atomic E-state index is 12.6. The van der Waals surface area contributed by atoms with Crippen LogP contribution in [0.15, 0.2) is 48.5 Å². The summed E-state index contributed by atoms with van der Waals surface area (Å²) in [7, 11) is 0. The molecule has 0 bridgehead atoms. The molecule has 1 aliphatic rings. The van der Waals surface area contributed by atoms with Gasteiger partial charge in [0.25, 0.3) is 0 Å². The normalized spacial score (nSPS) is 15.1. The molecule has 0 N–H and O–H groups in total.